The Bertz CT molecular complexity index is 896. The van der Waals surface area contributed by atoms with Gasteiger partial charge in [-0.1, -0.05) is 19.1 Å². The number of methoxy groups -OCH3 is 1. The molecule has 2 aromatic rings. The van der Waals surface area contributed by atoms with Crippen molar-refractivity contribution in [3.05, 3.63) is 54.3 Å². The number of rotatable bonds is 10. The number of nitrogens with zero attached hydrogens (tertiary/aromatic N) is 3. The van der Waals surface area contributed by atoms with Crippen molar-refractivity contribution in [2.75, 3.05) is 43.5 Å². The van der Waals surface area contributed by atoms with Crippen LogP contribution in [0.25, 0.3) is 0 Å². The van der Waals surface area contributed by atoms with E-state index in [9.17, 15) is 14.0 Å². The molecule has 158 valence electrons. The van der Waals surface area contributed by atoms with Gasteiger partial charge < -0.3 is 15.0 Å². The Hall–Kier alpha value is -3.44. The zero-order valence-corrected chi connectivity index (χ0v) is 17.1. The number of hydrogen-bond acceptors (Lipinski definition) is 5. The number of hydrogen-bond donors (Lipinski definition) is 1. The van der Waals surface area contributed by atoms with Crippen molar-refractivity contribution >= 4 is 23.2 Å². The molecule has 0 aliphatic carbocycles. The summed E-state index contributed by atoms with van der Waals surface area (Å²) in [4.78, 5) is 28.1. The fraction of sp³-hybridized carbons (Fsp3) is 0.318. The fourth-order valence-electron chi connectivity index (χ4n) is 2.85. The topological polar surface area (TPSA) is 85.7 Å². The van der Waals surface area contributed by atoms with E-state index in [0.29, 0.717) is 18.0 Å². The summed E-state index contributed by atoms with van der Waals surface area (Å²) in [6, 6.07) is 14.8. The Morgan fingerprint density at radius 1 is 1.13 bits per heavy atom. The number of benzene rings is 2. The monoisotopic (exact) mass is 412 g/mol. The van der Waals surface area contributed by atoms with Crippen LogP contribution in [0.2, 0.25) is 0 Å². The number of carbonyl (C=O) groups excluding carboxylic acids is 2. The van der Waals surface area contributed by atoms with Crippen LogP contribution in [0.15, 0.2) is 48.5 Å². The van der Waals surface area contributed by atoms with Crippen LogP contribution in [-0.2, 0) is 9.59 Å². The van der Waals surface area contributed by atoms with Gasteiger partial charge in [0.15, 0.2) is 0 Å². The lowest BCUT2D eigenvalue weighted by Crippen LogP contribution is -2.43. The average molecular weight is 412 g/mol. The van der Waals surface area contributed by atoms with Gasteiger partial charge in [-0.3, -0.25) is 14.5 Å². The molecular formula is C22H25FN4O3. The van der Waals surface area contributed by atoms with E-state index in [-0.39, 0.29) is 43.6 Å². The van der Waals surface area contributed by atoms with Crippen molar-refractivity contribution in [2.45, 2.75) is 13.3 Å². The molecule has 2 rings (SSSR count). The average Bonchev–Trinajstić information content (AvgIpc) is 2.75. The highest BCUT2D eigenvalue weighted by molar-refractivity contribution is 5.96. The van der Waals surface area contributed by atoms with Crippen LogP contribution in [0, 0.1) is 17.1 Å². The molecule has 0 atom stereocenters. The quantitative estimate of drug-likeness (QED) is 0.648. The van der Waals surface area contributed by atoms with E-state index in [0.717, 1.165) is 0 Å². The van der Waals surface area contributed by atoms with Crippen molar-refractivity contribution in [3.63, 3.8) is 0 Å². The molecule has 0 bridgehead atoms. The number of anilines is 2. The minimum absolute atomic E-state index is 0.00235. The summed E-state index contributed by atoms with van der Waals surface area (Å²) in [7, 11) is 1.56. The number of carbonyl (C=O) groups is 2. The van der Waals surface area contributed by atoms with Gasteiger partial charge >= 0.3 is 0 Å². The van der Waals surface area contributed by atoms with Crippen LogP contribution >= 0.6 is 0 Å². The molecular weight excluding hydrogens is 387 g/mol. The molecule has 0 fully saturated rings. The molecule has 0 saturated heterocycles. The summed E-state index contributed by atoms with van der Waals surface area (Å²) in [5, 5.41) is 11.7. The molecule has 0 aliphatic rings. The molecule has 1 N–H and O–H groups in total. The SMILES string of the molecule is CCN(CC(=O)Nc1ccc(OC)cc1)CC(=O)N(CCC#N)c1ccccc1F. The molecule has 0 heterocycles. The number of nitriles is 1. The van der Waals surface area contributed by atoms with E-state index in [1.807, 2.05) is 13.0 Å². The van der Waals surface area contributed by atoms with Gasteiger partial charge in [-0.05, 0) is 42.9 Å². The highest BCUT2D eigenvalue weighted by atomic mass is 19.1. The highest BCUT2D eigenvalue weighted by Gasteiger charge is 2.22. The van der Waals surface area contributed by atoms with Crippen LogP contribution in [0.4, 0.5) is 15.8 Å². The van der Waals surface area contributed by atoms with E-state index < -0.39 is 5.82 Å². The molecule has 30 heavy (non-hydrogen) atoms. The normalized spacial score (nSPS) is 10.4. The third-order valence-electron chi connectivity index (χ3n) is 4.44. The van der Waals surface area contributed by atoms with Crippen LogP contribution in [-0.4, -0.2) is 50.0 Å². The molecule has 2 aromatic carbocycles. The van der Waals surface area contributed by atoms with E-state index in [1.165, 1.54) is 23.1 Å². The molecule has 0 unspecified atom stereocenters. The van der Waals surface area contributed by atoms with Crippen molar-refractivity contribution in [2.24, 2.45) is 0 Å². The first-order valence-corrected chi connectivity index (χ1v) is 9.56. The first-order chi connectivity index (χ1) is 14.5. The second-order valence-electron chi connectivity index (χ2n) is 6.48. The Balaban J connectivity index is 2.02. The Labute approximate surface area is 175 Å². The zero-order chi connectivity index (χ0) is 21.9. The smallest absolute Gasteiger partial charge is 0.241 e. The van der Waals surface area contributed by atoms with E-state index >= 15 is 0 Å². The van der Waals surface area contributed by atoms with Gasteiger partial charge in [0.2, 0.25) is 11.8 Å². The van der Waals surface area contributed by atoms with Gasteiger partial charge in [-0.15, -0.1) is 0 Å². The minimum Gasteiger partial charge on any atom is -0.497 e. The third kappa shape index (κ3) is 6.57. The lowest BCUT2D eigenvalue weighted by Gasteiger charge is -2.26. The minimum atomic E-state index is -0.538. The van der Waals surface area contributed by atoms with Crippen LogP contribution in [0.1, 0.15) is 13.3 Å². The van der Waals surface area contributed by atoms with Crippen molar-refractivity contribution in [1.82, 2.24) is 4.90 Å². The van der Waals surface area contributed by atoms with Gasteiger partial charge in [0, 0.05) is 12.2 Å². The largest absolute Gasteiger partial charge is 0.497 e. The molecule has 0 saturated carbocycles. The zero-order valence-electron chi connectivity index (χ0n) is 17.1. The lowest BCUT2D eigenvalue weighted by molar-refractivity contribution is -0.121. The molecule has 0 aromatic heterocycles. The fourth-order valence-corrected chi connectivity index (χ4v) is 2.85. The number of halogens is 1. The highest BCUT2D eigenvalue weighted by Crippen LogP contribution is 2.19. The van der Waals surface area contributed by atoms with Crippen LogP contribution in [0.5, 0.6) is 5.75 Å². The summed E-state index contributed by atoms with van der Waals surface area (Å²) in [5.74, 6) is -0.512. The van der Waals surface area contributed by atoms with Gasteiger partial charge in [0.05, 0.1) is 38.4 Å². The number of amides is 2. The Morgan fingerprint density at radius 3 is 2.43 bits per heavy atom. The predicted octanol–water partition coefficient (Wildman–Crippen LogP) is 3.04. The second-order valence-corrected chi connectivity index (χ2v) is 6.48. The molecule has 0 spiro atoms. The molecule has 7 nitrogen and oxygen atoms in total. The van der Waals surface area contributed by atoms with Crippen LogP contribution < -0.4 is 15.0 Å². The third-order valence-corrected chi connectivity index (χ3v) is 4.44. The van der Waals surface area contributed by atoms with Gasteiger partial charge in [-0.2, -0.15) is 5.26 Å². The summed E-state index contributed by atoms with van der Waals surface area (Å²) in [5.41, 5.74) is 0.738. The van der Waals surface area contributed by atoms with Crippen LogP contribution in [0.3, 0.4) is 0 Å². The number of ether oxygens (including phenoxy) is 1. The maximum absolute atomic E-state index is 14.2. The number of para-hydroxylation sites is 1. The van der Waals surface area contributed by atoms with Crippen molar-refractivity contribution in [1.29, 1.82) is 5.26 Å². The van der Waals surface area contributed by atoms with E-state index in [1.54, 1.807) is 42.3 Å². The number of nitrogens with one attached hydrogen (secondary N) is 1. The molecule has 0 aliphatic heterocycles. The summed E-state index contributed by atoms with van der Waals surface area (Å²) in [6.45, 7) is 2.28. The van der Waals surface area contributed by atoms with E-state index in [4.69, 9.17) is 10.00 Å². The van der Waals surface area contributed by atoms with Gasteiger partial charge in [0.25, 0.3) is 0 Å². The summed E-state index contributed by atoms with van der Waals surface area (Å²) in [6.07, 6.45) is 0.0736. The molecule has 8 heteroatoms. The van der Waals surface area contributed by atoms with Gasteiger partial charge in [0.1, 0.15) is 11.6 Å². The lowest BCUT2D eigenvalue weighted by atomic mass is 10.2. The van der Waals surface area contributed by atoms with Crippen molar-refractivity contribution < 1.29 is 18.7 Å². The van der Waals surface area contributed by atoms with E-state index in [2.05, 4.69) is 5.32 Å². The van der Waals surface area contributed by atoms with Gasteiger partial charge in [-0.25, -0.2) is 4.39 Å². The Morgan fingerprint density at radius 2 is 1.83 bits per heavy atom. The maximum Gasteiger partial charge on any atom is 0.241 e. The second kappa shape index (κ2) is 11.5. The summed E-state index contributed by atoms with van der Waals surface area (Å²) < 4.78 is 19.3. The van der Waals surface area contributed by atoms with Crippen molar-refractivity contribution in [3.8, 4) is 11.8 Å². The summed E-state index contributed by atoms with van der Waals surface area (Å²) >= 11 is 0. The standard InChI is InChI=1S/C22H25FN4O3/c1-3-26(15-21(28)25-17-9-11-18(30-2)12-10-17)16-22(29)27(14-6-13-24)20-8-5-4-7-19(20)23/h4-5,7-12H,3,6,14-16H2,1-2H3,(H,25,28). The first kappa shape index (κ1) is 22.8. The predicted molar refractivity (Wildman–Crippen MR) is 113 cm³/mol. The molecule has 0 radical (unpaired) electrons. The Kier molecular flexibility index (Phi) is 8.78. The maximum atomic E-state index is 14.2. The molecule has 2 amide bonds. The first-order valence-electron chi connectivity index (χ1n) is 9.56. The number of likely N-dealkylation sites (N-methyl/N-ethyl adjacent to an activating group) is 1.